The highest BCUT2D eigenvalue weighted by Gasteiger charge is 2.31. The minimum atomic E-state index is -0.468. The van der Waals surface area contributed by atoms with Gasteiger partial charge in [-0.2, -0.15) is 0 Å². The van der Waals surface area contributed by atoms with Crippen molar-refractivity contribution >= 4 is 11.8 Å². The smallest absolute Gasteiger partial charge is 0.269 e. The van der Waals surface area contributed by atoms with Gasteiger partial charge in [0.1, 0.15) is 11.5 Å². The number of nitrogens with one attached hydrogen (secondary N) is 2. The second-order valence-electron chi connectivity index (χ2n) is 5.50. The van der Waals surface area contributed by atoms with Crippen molar-refractivity contribution in [2.24, 2.45) is 0 Å². The highest BCUT2D eigenvalue weighted by molar-refractivity contribution is 5.92. The lowest BCUT2D eigenvalue weighted by Gasteiger charge is -2.25. The fourth-order valence-corrected chi connectivity index (χ4v) is 2.71. The molecule has 0 aliphatic carbocycles. The van der Waals surface area contributed by atoms with Gasteiger partial charge in [0, 0.05) is 32.1 Å². The summed E-state index contributed by atoms with van der Waals surface area (Å²) in [5.41, 5.74) is 0.198. The van der Waals surface area contributed by atoms with E-state index >= 15 is 0 Å². The highest BCUT2D eigenvalue weighted by atomic mass is 19.1. The van der Waals surface area contributed by atoms with Gasteiger partial charge in [0.15, 0.2) is 0 Å². The van der Waals surface area contributed by atoms with Gasteiger partial charge in [0.05, 0.1) is 6.20 Å². The van der Waals surface area contributed by atoms with E-state index < -0.39 is 5.82 Å². The predicted octanol–water partition coefficient (Wildman–Crippen LogP) is 0.549. The molecule has 2 heterocycles. The van der Waals surface area contributed by atoms with E-state index in [2.05, 4.69) is 20.5 Å². The summed E-state index contributed by atoms with van der Waals surface area (Å²) in [6, 6.07) is 2.96. The van der Waals surface area contributed by atoms with E-state index in [1.807, 2.05) is 7.05 Å². The van der Waals surface area contributed by atoms with Crippen molar-refractivity contribution in [1.29, 1.82) is 0 Å². The topological polar surface area (TPSA) is 74.3 Å². The van der Waals surface area contributed by atoms with Crippen molar-refractivity contribution in [3.63, 3.8) is 0 Å². The van der Waals surface area contributed by atoms with Gasteiger partial charge in [-0.25, -0.2) is 9.37 Å². The van der Waals surface area contributed by atoms with Crippen LogP contribution in [0.4, 0.5) is 4.39 Å². The molecule has 2 amide bonds. The second-order valence-corrected chi connectivity index (χ2v) is 5.50. The Bertz CT molecular complexity index is 535. The largest absolute Gasteiger partial charge is 0.359 e. The summed E-state index contributed by atoms with van der Waals surface area (Å²) in [5.74, 6) is -0.760. The molecule has 6 nitrogen and oxygen atoms in total. The van der Waals surface area contributed by atoms with Crippen molar-refractivity contribution in [3.8, 4) is 0 Å². The highest BCUT2D eigenvalue weighted by Crippen LogP contribution is 2.24. The maximum absolute atomic E-state index is 12.8. The molecule has 2 rings (SSSR count). The van der Waals surface area contributed by atoms with Gasteiger partial charge in [0.25, 0.3) is 5.91 Å². The second kappa shape index (κ2) is 7.31. The Balaban J connectivity index is 1.83. The van der Waals surface area contributed by atoms with Gasteiger partial charge in [-0.15, -0.1) is 0 Å². The first-order chi connectivity index (χ1) is 10.5. The first-order valence-corrected chi connectivity index (χ1v) is 7.33. The molecule has 0 spiro atoms. The molecular weight excluding hydrogens is 287 g/mol. The minimum Gasteiger partial charge on any atom is -0.359 e. The zero-order valence-corrected chi connectivity index (χ0v) is 12.8. The zero-order valence-electron chi connectivity index (χ0n) is 12.8. The average Bonchev–Trinajstić information content (AvgIpc) is 2.86. The monoisotopic (exact) mass is 308 g/mol. The molecule has 120 valence electrons. The summed E-state index contributed by atoms with van der Waals surface area (Å²) < 4.78 is 12.8. The number of rotatable bonds is 5. The molecule has 1 aromatic rings. The van der Waals surface area contributed by atoms with Crippen molar-refractivity contribution in [2.75, 3.05) is 20.6 Å². The maximum atomic E-state index is 12.8. The average molecular weight is 308 g/mol. The first-order valence-electron chi connectivity index (χ1n) is 7.33. The van der Waals surface area contributed by atoms with E-state index in [0.717, 1.165) is 19.0 Å². The Kier molecular flexibility index (Phi) is 5.43. The van der Waals surface area contributed by atoms with Crippen molar-refractivity contribution in [1.82, 2.24) is 20.5 Å². The number of carbonyl (C=O) groups excluding carboxylic acids is 2. The van der Waals surface area contributed by atoms with Gasteiger partial charge in [-0.05, 0) is 32.0 Å². The molecule has 1 aliphatic rings. The van der Waals surface area contributed by atoms with Gasteiger partial charge >= 0.3 is 0 Å². The van der Waals surface area contributed by atoms with Crippen molar-refractivity contribution in [3.05, 3.63) is 29.8 Å². The third-order valence-electron chi connectivity index (χ3n) is 4.14. The van der Waals surface area contributed by atoms with E-state index in [-0.39, 0.29) is 29.6 Å². The lowest BCUT2D eigenvalue weighted by Crippen LogP contribution is -2.42. The van der Waals surface area contributed by atoms with E-state index in [1.165, 1.54) is 12.1 Å². The van der Waals surface area contributed by atoms with Crippen LogP contribution in [0.3, 0.4) is 0 Å². The number of aromatic nitrogens is 1. The molecule has 22 heavy (non-hydrogen) atoms. The van der Waals surface area contributed by atoms with Gasteiger partial charge < -0.3 is 10.6 Å². The number of pyridine rings is 1. The number of nitrogens with zero attached hydrogens (tertiary/aromatic N) is 2. The van der Waals surface area contributed by atoms with E-state index in [0.29, 0.717) is 13.0 Å². The molecule has 2 atom stereocenters. The number of halogens is 1. The van der Waals surface area contributed by atoms with Gasteiger partial charge in [-0.3, -0.25) is 14.5 Å². The summed E-state index contributed by atoms with van der Waals surface area (Å²) >= 11 is 0. The molecule has 0 saturated carbocycles. The number of likely N-dealkylation sites (tertiary alicyclic amines) is 1. The van der Waals surface area contributed by atoms with Crippen LogP contribution >= 0.6 is 0 Å². The van der Waals surface area contributed by atoms with Crippen molar-refractivity contribution in [2.45, 2.75) is 31.3 Å². The van der Waals surface area contributed by atoms with E-state index in [9.17, 15) is 14.0 Å². The SMILES string of the molecule is CNC(=O)C[C@H]1CC[C@@H](CNC(=O)c2ccc(F)cn2)N1C. The number of carbonyl (C=O) groups is 2. The van der Waals surface area contributed by atoms with E-state index in [4.69, 9.17) is 0 Å². The van der Waals surface area contributed by atoms with Crippen LogP contribution in [0.25, 0.3) is 0 Å². The van der Waals surface area contributed by atoms with Crippen LogP contribution in [0.5, 0.6) is 0 Å². The third-order valence-corrected chi connectivity index (χ3v) is 4.14. The van der Waals surface area contributed by atoms with Gasteiger partial charge in [-0.1, -0.05) is 0 Å². The van der Waals surface area contributed by atoms with Crippen LogP contribution in [0, 0.1) is 5.82 Å². The summed E-state index contributed by atoms with van der Waals surface area (Å²) in [6.45, 7) is 0.485. The molecule has 1 saturated heterocycles. The first kappa shape index (κ1) is 16.4. The molecule has 0 bridgehead atoms. The molecule has 0 unspecified atom stereocenters. The normalized spacial score (nSPS) is 21.6. The van der Waals surface area contributed by atoms with Crippen LogP contribution in [0.1, 0.15) is 29.8 Å². The van der Waals surface area contributed by atoms with Crippen LogP contribution in [0.2, 0.25) is 0 Å². The number of amides is 2. The lowest BCUT2D eigenvalue weighted by atomic mass is 10.1. The standard InChI is InChI=1S/C15H21FN4O2/c1-17-14(21)7-11-4-5-12(20(11)2)9-19-15(22)13-6-3-10(16)8-18-13/h3,6,8,11-12H,4-5,7,9H2,1-2H3,(H,17,21)(H,19,22)/t11-,12+/m1/s1. The Morgan fingerprint density at radius 1 is 1.36 bits per heavy atom. The lowest BCUT2D eigenvalue weighted by molar-refractivity contribution is -0.121. The van der Waals surface area contributed by atoms with E-state index in [1.54, 1.807) is 7.05 Å². The molecule has 1 aromatic heterocycles. The molecule has 7 heteroatoms. The molecule has 2 N–H and O–H groups in total. The molecule has 0 aromatic carbocycles. The predicted molar refractivity (Wildman–Crippen MR) is 79.8 cm³/mol. The van der Waals surface area contributed by atoms with Crippen LogP contribution < -0.4 is 10.6 Å². The Hall–Kier alpha value is -2.02. The quantitative estimate of drug-likeness (QED) is 0.833. The molecule has 1 fully saturated rings. The Morgan fingerprint density at radius 2 is 2.09 bits per heavy atom. The number of hydrogen-bond donors (Lipinski definition) is 2. The Morgan fingerprint density at radius 3 is 2.73 bits per heavy atom. The molecular formula is C15H21FN4O2. The Labute approximate surface area is 129 Å². The summed E-state index contributed by atoms with van der Waals surface area (Å²) in [6.07, 6.45) is 3.35. The molecule has 0 radical (unpaired) electrons. The van der Waals surface area contributed by atoms with Crippen LogP contribution in [0.15, 0.2) is 18.3 Å². The van der Waals surface area contributed by atoms with Crippen LogP contribution in [-0.4, -0.2) is 54.4 Å². The number of hydrogen-bond acceptors (Lipinski definition) is 4. The van der Waals surface area contributed by atoms with Crippen LogP contribution in [-0.2, 0) is 4.79 Å². The van der Waals surface area contributed by atoms with Crippen molar-refractivity contribution < 1.29 is 14.0 Å². The summed E-state index contributed by atoms with van der Waals surface area (Å²) in [7, 11) is 3.60. The fourth-order valence-electron chi connectivity index (χ4n) is 2.71. The number of likely N-dealkylation sites (N-methyl/N-ethyl adjacent to an activating group) is 1. The summed E-state index contributed by atoms with van der Waals surface area (Å²) in [4.78, 5) is 29.3. The third kappa shape index (κ3) is 4.00. The van der Waals surface area contributed by atoms with Gasteiger partial charge in [0.2, 0.25) is 5.91 Å². The molecule has 1 aliphatic heterocycles. The fraction of sp³-hybridized carbons (Fsp3) is 0.533. The summed E-state index contributed by atoms with van der Waals surface area (Å²) in [5, 5.41) is 5.44. The zero-order chi connectivity index (χ0) is 16.1. The maximum Gasteiger partial charge on any atom is 0.269 e. The minimum absolute atomic E-state index is 0.0250.